The number of sulfonamides is 1. The Bertz CT molecular complexity index is 951. The van der Waals surface area contributed by atoms with Gasteiger partial charge in [0, 0.05) is 23.2 Å². The van der Waals surface area contributed by atoms with Crippen LogP contribution in [0.1, 0.15) is 32.6 Å². The van der Waals surface area contributed by atoms with Crippen molar-refractivity contribution in [3.05, 3.63) is 53.8 Å². The molecule has 0 aliphatic heterocycles. The second-order valence-corrected chi connectivity index (χ2v) is 8.87. The van der Waals surface area contributed by atoms with Gasteiger partial charge in [0.15, 0.2) is 0 Å². The lowest BCUT2D eigenvalue weighted by atomic mass is 9.84. The summed E-state index contributed by atoms with van der Waals surface area (Å²) >= 11 is 0. The topological polar surface area (TPSA) is 66.4 Å². The maximum Gasteiger partial charge on any atom is 0.240 e. The summed E-state index contributed by atoms with van der Waals surface area (Å²) in [5, 5.41) is 9.94. The van der Waals surface area contributed by atoms with Gasteiger partial charge in [0.2, 0.25) is 10.0 Å². The molecule has 1 aliphatic carbocycles. The van der Waals surface area contributed by atoms with Crippen LogP contribution in [0.2, 0.25) is 0 Å². The Balaban J connectivity index is 1.82. The number of hydrogen-bond donors (Lipinski definition) is 2. The van der Waals surface area contributed by atoms with Gasteiger partial charge in [-0.3, -0.25) is 0 Å². The lowest BCUT2D eigenvalue weighted by Gasteiger charge is -2.33. The van der Waals surface area contributed by atoms with Crippen LogP contribution in [-0.4, -0.2) is 25.2 Å². The van der Waals surface area contributed by atoms with Crippen LogP contribution < -0.4 is 4.72 Å². The number of hydrogen-bond acceptors (Lipinski definition) is 3. The predicted octanol–water partition coefficient (Wildman–Crippen LogP) is 3.74. The van der Waals surface area contributed by atoms with Gasteiger partial charge in [-0.15, -0.1) is 0 Å². The zero-order valence-electron chi connectivity index (χ0n) is 14.7. The van der Waals surface area contributed by atoms with Crippen molar-refractivity contribution < 1.29 is 26.7 Å². The summed E-state index contributed by atoms with van der Waals surface area (Å²) in [6.45, 7) is 1.71. The predicted molar refractivity (Wildman–Crippen MR) is 95.0 cm³/mol. The molecular weight excluding hydrogens is 379 g/mol. The Morgan fingerprint density at radius 3 is 2.11 bits per heavy atom. The fourth-order valence-corrected chi connectivity index (χ4v) is 4.55. The highest BCUT2D eigenvalue weighted by Gasteiger charge is 2.31. The Morgan fingerprint density at radius 2 is 1.56 bits per heavy atom. The van der Waals surface area contributed by atoms with Crippen LogP contribution >= 0.6 is 0 Å². The van der Waals surface area contributed by atoms with E-state index < -0.39 is 33.1 Å². The summed E-state index contributed by atoms with van der Waals surface area (Å²) in [5.41, 5.74) is -1.10. The molecule has 1 fully saturated rings. The summed E-state index contributed by atoms with van der Waals surface area (Å²) < 4.78 is 68.9. The van der Waals surface area contributed by atoms with E-state index in [-0.39, 0.29) is 22.1 Å². The van der Waals surface area contributed by atoms with Crippen molar-refractivity contribution in [3.8, 4) is 11.1 Å². The summed E-state index contributed by atoms with van der Waals surface area (Å²) in [6, 6.07) is 5.56. The monoisotopic (exact) mass is 399 g/mol. The third-order valence-corrected chi connectivity index (χ3v) is 6.37. The van der Waals surface area contributed by atoms with Crippen LogP contribution in [0.5, 0.6) is 0 Å². The van der Waals surface area contributed by atoms with E-state index in [9.17, 15) is 26.7 Å². The smallest absolute Gasteiger partial charge is 0.240 e. The third kappa shape index (κ3) is 4.51. The average molecular weight is 399 g/mol. The Kier molecular flexibility index (Phi) is 5.33. The van der Waals surface area contributed by atoms with Gasteiger partial charge in [0.05, 0.1) is 10.5 Å². The molecule has 1 saturated carbocycles. The van der Waals surface area contributed by atoms with E-state index in [0.717, 1.165) is 24.3 Å². The van der Waals surface area contributed by atoms with Gasteiger partial charge in [-0.1, -0.05) is 0 Å². The van der Waals surface area contributed by atoms with Gasteiger partial charge in [-0.05, 0) is 62.9 Å². The molecule has 2 aromatic rings. The Morgan fingerprint density at radius 1 is 1.00 bits per heavy atom. The molecule has 2 N–H and O–H groups in total. The molecule has 0 spiro atoms. The highest BCUT2D eigenvalue weighted by molar-refractivity contribution is 7.89. The van der Waals surface area contributed by atoms with E-state index >= 15 is 0 Å². The Labute approximate surface area is 156 Å². The first-order valence-electron chi connectivity index (χ1n) is 8.57. The van der Waals surface area contributed by atoms with Gasteiger partial charge in [-0.25, -0.2) is 26.3 Å². The van der Waals surface area contributed by atoms with Crippen molar-refractivity contribution in [2.45, 2.75) is 49.1 Å². The molecule has 3 rings (SSSR count). The lowest BCUT2D eigenvalue weighted by molar-refractivity contribution is 0.0163. The number of halogens is 3. The molecule has 27 heavy (non-hydrogen) atoms. The summed E-state index contributed by atoms with van der Waals surface area (Å²) in [6.07, 6.45) is 1.90. The van der Waals surface area contributed by atoms with Crippen LogP contribution in [0.4, 0.5) is 13.2 Å². The second-order valence-electron chi connectivity index (χ2n) is 7.16. The van der Waals surface area contributed by atoms with E-state index in [1.54, 1.807) is 6.92 Å². The molecule has 0 saturated heterocycles. The molecule has 0 radical (unpaired) electrons. The minimum absolute atomic E-state index is 0.152. The van der Waals surface area contributed by atoms with Crippen molar-refractivity contribution in [3.63, 3.8) is 0 Å². The lowest BCUT2D eigenvalue weighted by Crippen LogP contribution is -2.42. The molecule has 0 unspecified atom stereocenters. The maximum atomic E-state index is 14.4. The summed E-state index contributed by atoms with van der Waals surface area (Å²) in [7, 11) is -3.96. The normalized spacial score (nSPS) is 23.4. The largest absolute Gasteiger partial charge is 0.390 e. The van der Waals surface area contributed by atoms with Crippen molar-refractivity contribution in [1.29, 1.82) is 0 Å². The molecule has 0 heterocycles. The molecule has 8 heteroatoms. The molecule has 0 aromatic heterocycles. The van der Waals surface area contributed by atoms with Crippen molar-refractivity contribution in [2.24, 2.45) is 0 Å². The molecule has 1 aliphatic rings. The molecule has 2 aromatic carbocycles. The Hall–Kier alpha value is -1.90. The SMILES string of the molecule is CC1(O)CCC(NS(=O)(=O)c2ccc(-c3ccc(F)cc3F)c(F)c2)CC1. The van der Waals surface area contributed by atoms with Gasteiger partial charge in [0.25, 0.3) is 0 Å². The highest BCUT2D eigenvalue weighted by atomic mass is 32.2. The zero-order valence-corrected chi connectivity index (χ0v) is 15.5. The van der Waals surface area contributed by atoms with E-state index in [0.29, 0.717) is 31.7 Å². The van der Waals surface area contributed by atoms with Crippen molar-refractivity contribution >= 4 is 10.0 Å². The van der Waals surface area contributed by atoms with Crippen LogP contribution in [-0.2, 0) is 10.0 Å². The molecule has 4 nitrogen and oxygen atoms in total. The van der Waals surface area contributed by atoms with Crippen LogP contribution in [0, 0.1) is 17.5 Å². The second kappa shape index (κ2) is 7.26. The molecule has 146 valence electrons. The van der Waals surface area contributed by atoms with Gasteiger partial charge >= 0.3 is 0 Å². The molecule has 0 bridgehead atoms. The summed E-state index contributed by atoms with van der Waals surface area (Å²) in [5.74, 6) is -2.64. The quantitative estimate of drug-likeness (QED) is 0.823. The van der Waals surface area contributed by atoms with Crippen LogP contribution in [0.25, 0.3) is 11.1 Å². The first-order valence-corrected chi connectivity index (χ1v) is 10.1. The van der Waals surface area contributed by atoms with Crippen LogP contribution in [0.3, 0.4) is 0 Å². The number of rotatable bonds is 4. The first-order chi connectivity index (χ1) is 12.6. The third-order valence-electron chi connectivity index (χ3n) is 4.86. The standard InChI is InChI=1S/C19H20F3NO3S/c1-19(24)8-6-13(7-9-19)23-27(25,26)14-3-5-16(18(22)11-14)15-4-2-12(20)10-17(15)21/h2-5,10-11,13,23-24H,6-9H2,1H3. The number of nitrogens with one attached hydrogen (secondary N) is 1. The minimum atomic E-state index is -3.96. The van der Waals surface area contributed by atoms with Crippen LogP contribution in [0.15, 0.2) is 41.3 Å². The van der Waals surface area contributed by atoms with E-state index in [1.807, 2.05) is 0 Å². The summed E-state index contributed by atoms with van der Waals surface area (Å²) in [4.78, 5) is -0.274. The van der Waals surface area contributed by atoms with Crippen molar-refractivity contribution in [2.75, 3.05) is 0 Å². The fraction of sp³-hybridized carbons (Fsp3) is 0.368. The minimum Gasteiger partial charge on any atom is -0.390 e. The highest BCUT2D eigenvalue weighted by Crippen LogP contribution is 2.30. The van der Waals surface area contributed by atoms with Gasteiger partial charge < -0.3 is 5.11 Å². The maximum absolute atomic E-state index is 14.4. The number of aliphatic hydroxyl groups is 1. The average Bonchev–Trinajstić information content (AvgIpc) is 2.57. The van der Waals surface area contributed by atoms with E-state index in [4.69, 9.17) is 0 Å². The first kappa shape index (κ1) is 19.9. The van der Waals surface area contributed by atoms with Gasteiger partial charge in [0.1, 0.15) is 17.5 Å². The molecular formula is C19H20F3NO3S. The van der Waals surface area contributed by atoms with Gasteiger partial charge in [-0.2, -0.15) is 0 Å². The number of benzene rings is 2. The van der Waals surface area contributed by atoms with E-state index in [1.165, 1.54) is 6.07 Å². The fourth-order valence-electron chi connectivity index (χ4n) is 3.23. The van der Waals surface area contributed by atoms with E-state index in [2.05, 4.69) is 4.72 Å². The zero-order chi connectivity index (χ0) is 19.8. The molecule has 0 atom stereocenters. The molecule has 0 amide bonds. The van der Waals surface area contributed by atoms with Crippen molar-refractivity contribution in [1.82, 2.24) is 4.72 Å².